The van der Waals surface area contributed by atoms with Crippen molar-refractivity contribution in [2.75, 3.05) is 6.67 Å². The van der Waals surface area contributed by atoms with Crippen molar-refractivity contribution in [3.63, 3.8) is 0 Å². The van der Waals surface area contributed by atoms with Gasteiger partial charge in [-0.2, -0.15) is 13.2 Å². The Morgan fingerprint density at radius 2 is 1.82 bits per heavy atom. The predicted molar refractivity (Wildman–Crippen MR) is 50.9 cm³/mol. The Bertz CT molecular complexity index is 433. The summed E-state index contributed by atoms with van der Waals surface area (Å²) in [5.74, 6) is -1.72. The van der Waals surface area contributed by atoms with E-state index in [9.17, 15) is 22.4 Å². The van der Waals surface area contributed by atoms with E-state index in [0.717, 1.165) is 18.2 Å². The summed E-state index contributed by atoms with van der Waals surface area (Å²) in [5, 5.41) is 8.73. The van der Waals surface area contributed by atoms with Crippen molar-refractivity contribution >= 4 is 5.97 Å². The van der Waals surface area contributed by atoms with Crippen LogP contribution in [0.4, 0.5) is 17.6 Å². The summed E-state index contributed by atoms with van der Waals surface area (Å²) in [5.41, 5.74) is 1.28. The maximum Gasteiger partial charge on any atom is 0.416 e. The van der Waals surface area contributed by atoms with Crippen LogP contribution in [0.15, 0.2) is 24.3 Å². The third-order valence-corrected chi connectivity index (χ3v) is 2.30. The molecule has 0 saturated heterocycles. The van der Waals surface area contributed by atoms with Crippen molar-refractivity contribution in [3.05, 3.63) is 35.4 Å². The van der Waals surface area contributed by atoms with E-state index in [1.54, 1.807) is 0 Å². The lowest BCUT2D eigenvalue weighted by Crippen LogP contribution is -2.47. The van der Waals surface area contributed by atoms with Crippen molar-refractivity contribution in [2.45, 2.75) is 11.7 Å². The fraction of sp³-hybridized carbons (Fsp3) is 0.300. The number of alkyl halides is 4. The highest BCUT2D eigenvalue weighted by Crippen LogP contribution is 2.31. The van der Waals surface area contributed by atoms with Gasteiger partial charge in [-0.3, -0.25) is 0 Å². The van der Waals surface area contributed by atoms with Crippen LogP contribution in [0.5, 0.6) is 0 Å². The molecule has 94 valence electrons. The Labute approximate surface area is 93.8 Å². The van der Waals surface area contributed by atoms with Gasteiger partial charge in [-0.15, -0.1) is 0 Å². The van der Waals surface area contributed by atoms with E-state index in [0.29, 0.717) is 6.07 Å². The molecule has 0 saturated carbocycles. The molecule has 1 aromatic carbocycles. The monoisotopic (exact) mass is 251 g/mol. The summed E-state index contributed by atoms with van der Waals surface area (Å²) in [6.07, 6.45) is -4.63. The number of nitrogens with two attached hydrogens (primary N) is 1. The number of benzene rings is 1. The molecular weight excluding hydrogens is 242 g/mol. The molecule has 0 aliphatic heterocycles. The molecule has 17 heavy (non-hydrogen) atoms. The molecule has 0 spiro atoms. The number of halogens is 4. The highest BCUT2D eigenvalue weighted by molar-refractivity contribution is 5.80. The lowest BCUT2D eigenvalue weighted by atomic mass is 9.91. The lowest BCUT2D eigenvalue weighted by Gasteiger charge is -2.22. The molecule has 0 fully saturated rings. The molecule has 1 rings (SSSR count). The van der Waals surface area contributed by atoms with Crippen LogP contribution in [0.2, 0.25) is 0 Å². The molecule has 1 atom stereocenters. The highest BCUT2D eigenvalue weighted by atomic mass is 19.4. The van der Waals surface area contributed by atoms with Crippen LogP contribution < -0.4 is 5.73 Å². The molecule has 7 heteroatoms. The Balaban J connectivity index is 3.28. The van der Waals surface area contributed by atoms with Gasteiger partial charge in [0.15, 0.2) is 5.54 Å². The maximum atomic E-state index is 12.6. The Hall–Kier alpha value is -1.63. The first-order valence-electron chi connectivity index (χ1n) is 4.48. The highest BCUT2D eigenvalue weighted by Gasteiger charge is 2.38. The van der Waals surface area contributed by atoms with Crippen LogP contribution in [0.3, 0.4) is 0 Å². The standard InChI is InChI=1S/C10H9F4NO2/c11-5-9(15,8(16)17)6-2-1-3-7(4-6)10(12,13)14/h1-4H,5,15H2,(H,16,17). The number of hydrogen-bond donors (Lipinski definition) is 2. The zero-order chi connectivity index (χ0) is 13.3. The molecule has 3 N–H and O–H groups in total. The Kier molecular flexibility index (Phi) is 3.42. The van der Waals surface area contributed by atoms with Gasteiger partial charge < -0.3 is 10.8 Å². The summed E-state index contributed by atoms with van der Waals surface area (Å²) in [7, 11) is 0. The molecule has 3 nitrogen and oxygen atoms in total. The van der Waals surface area contributed by atoms with Gasteiger partial charge >= 0.3 is 12.1 Å². The second-order valence-electron chi connectivity index (χ2n) is 3.49. The summed E-state index contributed by atoms with van der Waals surface area (Å²) < 4.78 is 49.8. The number of hydrogen-bond acceptors (Lipinski definition) is 2. The molecule has 0 heterocycles. The van der Waals surface area contributed by atoms with E-state index in [4.69, 9.17) is 10.8 Å². The molecular formula is C10H9F4NO2. The average molecular weight is 251 g/mol. The maximum absolute atomic E-state index is 12.6. The van der Waals surface area contributed by atoms with Gasteiger partial charge in [0.2, 0.25) is 0 Å². The van der Waals surface area contributed by atoms with Gasteiger partial charge in [0.1, 0.15) is 6.67 Å². The molecule has 0 amide bonds. The van der Waals surface area contributed by atoms with Gasteiger partial charge in [0, 0.05) is 0 Å². The molecule has 0 aliphatic rings. The molecule has 0 bridgehead atoms. The smallest absolute Gasteiger partial charge is 0.416 e. The number of aliphatic carboxylic acids is 1. The van der Waals surface area contributed by atoms with Crippen molar-refractivity contribution in [1.29, 1.82) is 0 Å². The number of rotatable bonds is 3. The van der Waals surface area contributed by atoms with Crippen molar-refractivity contribution in [2.24, 2.45) is 5.73 Å². The van der Waals surface area contributed by atoms with Gasteiger partial charge in [-0.1, -0.05) is 12.1 Å². The molecule has 0 aliphatic carbocycles. The van der Waals surface area contributed by atoms with Crippen LogP contribution in [0, 0.1) is 0 Å². The zero-order valence-electron chi connectivity index (χ0n) is 8.46. The molecule has 1 unspecified atom stereocenters. The topological polar surface area (TPSA) is 63.3 Å². The third-order valence-electron chi connectivity index (χ3n) is 2.30. The second kappa shape index (κ2) is 4.33. The van der Waals surface area contributed by atoms with E-state index >= 15 is 0 Å². The van der Waals surface area contributed by atoms with Gasteiger partial charge in [0.05, 0.1) is 5.56 Å². The van der Waals surface area contributed by atoms with Gasteiger partial charge in [-0.05, 0) is 17.7 Å². The van der Waals surface area contributed by atoms with Crippen LogP contribution in [-0.2, 0) is 16.5 Å². The average Bonchev–Trinajstić information content (AvgIpc) is 2.26. The van der Waals surface area contributed by atoms with Crippen molar-refractivity contribution < 1.29 is 27.5 Å². The molecule has 0 aromatic heterocycles. The van der Waals surface area contributed by atoms with Crippen LogP contribution in [0.1, 0.15) is 11.1 Å². The van der Waals surface area contributed by atoms with E-state index in [-0.39, 0.29) is 0 Å². The fourth-order valence-electron chi connectivity index (χ4n) is 1.23. The molecule has 1 aromatic rings. The summed E-state index contributed by atoms with van der Waals surface area (Å²) in [4.78, 5) is 10.8. The van der Waals surface area contributed by atoms with Crippen LogP contribution in [0.25, 0.3) is 0 Å². The summed E-state index contributed by atoms with van der Waals surface area (Å²) in [6.45, 7) is -1.50. The van der Waals surface area contributed by atoms with E-state index in [1.807, 2.05) is 0 Å². The van der Waals surface area contributed by atoms with E-state index in [1.165, 1.54) is 0 Å². The first-order chi connectivity index (χ1) is 7.71. The van der Waals surface area contributed by atoms with Crippen molar-refractivity contribution in [3.8, 4) is 0 Å². The van der Waals surface area contributed by atoms with Gasteiger partial charge in [0.25, 0.3) is 0 Å². The van der Waals surface area contributed by atoms with Crippen molar-refractivity contribution in [1.82, 2.24) is 0 Å². The van der Waals surface area contributed by atoms with Crippen LogP contribution >= 0.6 is 0 Å². The first-order valence-corrected chi connectivity index (χ1v) is 4.48. The number of carboxylic acid groups (broad SMARTS) is 1. The van der Waals surface area contributed by atoms with E-state index in [2.05, 4.69) is 0 Å². The number of carbonyl (C=O) groups is 1. The third kappa shape index (κ3) is 2.55. The zero-order valence-corrected chi connectivity index (χ0v) is 8.46. The Morgan fingerprint density at radius 1 is 1.29 bits per heavy atom. The normalized spacial score (nSPS) is 15.4. The number of carboxylic acids is 1. The predicted octanol–water partition coefficient (Wildman–Crippen LogP) is 1.91. The van der Waals surface area contributed by atoms with Crippen LogP contribution in [-0.4, -0.2) is 17.8 Å². The minimum atomic E-state index is -4.63. The first kappa shape index (κ1) is 13.4. The lowest BCUT2D eigenvalue weighted by molar-refractivity contribution is -0.145. The second-order valence-corrected chi connectivity index (χ2v) is 3.49. The molecule has 0 radical (unpaired) electrons. The minimum Gasteiger partial charge on any atom is -0.480 e. The summed E-state index contributed by atoms with van der Waals surface area (Å²) in [6, 6.07) is 3.32. The Morgan fingerprint density at radius 3 is 2.24 bits per heavy atom. The minimum absolute atomic E-state index is 0.428. The largest absolute Gasteiger partial charge is 0.480 e. The summed E-state index contributed by atoms with van der Waals surface area (Å²) >= 11 is 0. The SMILES string of the molecule is NC(CF)(C(=O)O)c1cccc(C(F)(F)F)c1. The fourth-order valence-corrected chi connectivity index (χ4v) is 1.23. The van der Waals surface area contributed by atoms with Gasteiger partial charge in [-0.25, -0.2) is 9.18 Å². The van der Waals surface area contributed by atoms with E-state index < -0.39 is 35.5 Å². The quantitative estimate of drug-likeness (QED) is 0.806.